The van der Waals surface area contributed by atoms with Gasteiger partial charge in [0.15, 0.2) is 0 Å². The van der Waals surface area contributed by atoms with Crippen LogP contribution in [-0.4, -0.2) is 12.2 Å². The van der Waals surface area contributed by atoms with Gasteiger partial charge in [-0.2, -0.15) is 0 Å². The van der Waals surface area contributed by atoms with Gasteiger partial charge in [0, 0.05) is 0 Å². The van der Waals surface area contributed by atoms with Crippen LogP contribution in [0, 0.1) is 0 Å². The third-order valence-corrected chi connectivity index (χ3v) is 4.04. The molecule has 0 aliphatic heterocycles. The van der Waals surface area contributed by atoms with Crippen LogP contribution in [0.15, 0.2) is 0 Å². The van der Waals surface area contributed by atoms with Crippen LogP contribution in [0.5, 0.6) is 0 Å². The Hall–Kier alpha value is 1.92. The molecule has 0 amide bonds. The molecule has 0 heterocycles. The van der Waals surface area contributed by atoms with Gasteiger partial charge in [-0.05, 0) is 26.7 Å². The van der Waals surface area contributed by atoms with E-state index in [0.29, 0.717) is 0 Å². The van der Waals surface area contributed by atoms with Crippen LogP contribution in [0.4, 0.5) is 0 Å². The van der Waals surface area contributed by atoms with Crippen LogP contribution < -0.4 is 29.6 Å². The second-order valence-corrected chi connectivity index (χ2v) is 7.99. The molecule has 0 aromatic heterocycles. The SMILES string of the molecule is CCC(C)OP(=S)([S-])OC(C)CC.[Na+]. The van der Waals surface area contributed by atoms with Gasteiger partial charge in [-0.1, -0.05) is 25.7 Å². The summed E-state index contributed by atoms with van der Waals surface area (Å²) in [5.41, 5.74) is -2.42. The van der Waals surface area contributed by atoms with Crippen molar-refractivity contribution >= 4 is 29.7 Å². The molecule has 0 rings (SSSR count). The molecule has 0 aromatic rings. The van der Waals surface area contributed by atoms with E-state index in [-0.39, 0.29) is 41.8 Å². The second kappa shape index (κ2) is 9.00. The summed E-state index contributed by atoms with van der Waals surface area (Å²) in [5.74, 6) is 0. The van der Waals surface area contributed by atoms with Crippen molar-refractivity contribution in [3.63, 3.8) is 0 Å². The van der Waals surface area contributed by atoms with E-state index in [9.17, 15) is 0 Å². The largest absolute Gasteiger partial charge is 1.00 e. The number of hydrogen-bond donors (Lipinski definition) is 0. The molecule has 0 saturated heterocycles. The van der Waals surface area contributed by atoms with E-state index in [0.717, 1.165) is 12.8 Å². The zero-order valence-electron chi connectivity index (χ0n) is 9.65. The first kappa shape index (κ1) is 18.3. The molecule has 0 radical (unpaired) electrons. The molecular formula is C8H18NaO2PS2. The average Bonchev–Trinajstić information content (AvgIpc) is 2.02. The van der Waals surface area contributed by atoms with Crippen molar-refractivity contribution < 1.29 is 38.6 Å². The van der Waals surface area contributed by atoms with Crippen LogP contribution in [0.2, 0.25) is 0 Å². The molecule has 80 valence electrons. The van der Waals surface area contributed by atoms with Crippen molar-refractivity contribution in [3.05, 3.63) is 0 Å². The van der Waals surface area contributed by atoms with Gasteiger partial charge < -0.3 is 21.3 Å². The summed E-state index contributed by atoms with van der Waals surface area (Å²) < 4.78 is 11.0. The molecule has 0 aliphatic carbocycles. The van der Waals surface area contributed by atoms with Gasteiger partial charge in [0.1, 0.15) is 0 Å². The Kier molecular flexibility index (Phi) is 11.8. The average molecular weight is 264 g/mol. The molecule has 2 nitrogen and oxygen atoms in total. The molecule has 2 atom stereocenters. The Morgan fingerprint density at radius 3 is 1.64 bits per heavy atom. The molecule has 0 N–H and O–H groups in total. The first-order valence-electron chi connectivity index (χ1n) is 4.59. The summed E-state index contributed by atoms with van der Waals surface area (Å²) in [5, 5.41) is 0. The minimum Gasteiger partial charge on any atom is -0.691 e. The third-order valence-electron chi connectivity index (χ3n) is 1.77. The van der Waals surface area contributed by atoms with Gasteiger partial charge >= 0.3 is 29.6 Å². The summed E-state index contributed by atoms with van der Waals surface area (Å²) >= 11 is 10.2. The molecule has 0 saturated carbocycles. The molecule has 2 unspecified atom stereocenters. The predicted octanol–water partition coefficient (Wildman–Crippen LogP) is 0.392. The van der Waals surface area contributed by atoms with E-state index in [1.165, 1.54) is 0 Å². The Labute approximate surface area is 120 Å². The smallest absolute Gasteiger partial charge is 0.691 e. The minimum absolute atomic E-state index is 0. The van der Waals surface area contributed by atoms with Crippen LogP contribution >= 0.6 is 5.69 Å². The summed E-state index contributed by atoms with van der Waals surface area (Å²) in [6, 6.07) is 0. The van der Waals surface area contributed by atoms with Crippen molar-refractivity contribution in [3.8, 4) is 0 Å². The molecule has 0 spiro atoms. The maximum absolute atomic E-state index is 5.48. The first-order valence-corrected chi connectivity index (χ1v) is 8.24. The fourth-order valence-electron chi connectivity index (χ4n) is 0.615. The van der Waals surface area contributed by atoms with Gasteiger partial charge in [-0.15, -0.1) is 0 Å². The van der Waals surface area contributed by atoms with E-state index in [1.54, 1.807) is 0 Å². The number of rotatable bonds is 6. The maximum atomic E-state index is 5.48. The van der Waals surface area contributed by atoms with Crippen molar-refractivity contribution in [2.24, 2.45) is 0 Å². The Bertz CT molecular complexity index is 176. The zero-order valence-corrected chi connectivity index (χ0v) is 14.2. The van der Waals surface area contributed by atoms with E-state index in [4.69, 9.17) is 33.1 Å². The van der Waals surface area contributed by atoms with Crippen molar-refractivity contribution in [1.82, 2.24) is 0 Å². The molecule has 6 heteroatoms. The Morgan fingerprint density at radius 2 is 1.43 bits per heavy atom. The van der Waals surface area contributed by atoms with Crippen molar-refractivity contribution in [2.45, 2.75) is 52.7 Å². The molecule has 14 heavy (non-hydrogen) atoms. The topological polar surface area (TPSA) is 18.5 Å². The van der Waals surface area contributed by atoms with Crippen molar-refractivity contribution in [1.29, 1.82) is 0 Å². The number of hydrogen-bond acceptors (Lipinski definition) is 4. The monoisotopic (exact) mass is 264 g/mol. The molecule has 0 aromatic carbocycles. The molecule has 0 fully saturated rings. The summed E-state index contributed by atoms with van der Waals surface area (Å²) in [6.07, 6.45) is 2.04. The standard InChI is InChI=1S/C8H19O2PS2.Na/c1-5-7(3)9-11(12,13)10-8(4)6-2;/h7-8H,5-6H2,1-4H3,(H,12,13);/q;+1/p-1. The normalized spacial score (nSPS) is 19.2. The summed E-state index contributed by atoms with van der Waals surface area (Å²) in [4.78, 5) is 0. The van der Waals surface area contributed by atoms with Gasteiger partial charge in [0.05, 0.1) is 17.9 Å². The summed E-state index contributed by atoms with van der Waals surface area (Å²) in [6.45, 7) is 8.01. The summed E-state index contributed by atoms with van der Waals surface area (Å²) in [7, 11) is 0. The zero-order chi connectivity index (χ0) is 10.5. The predicted molar refractivity (Wildman–Crippen MR) is 63.3 cm³/mol. The Morgan fingerprint density at radius 1 is 1.14 bits per heavy atom. The van der Waals surface area contributed by atoms with Crippen LogP contribution in [0.1, 0.15) is 40.5 Å². The second-order valence-electron chi connectivity index (χ2n) is 3.10. The fourth-order valence-corrected chi connectivity index (χ4v) is 3.61. The fraction of sp³-hybridized carbons (Fsp3) is 1.00. The Balaban J connectivity index is 0. The van der Waals surface area contributed by atoms with E-state index in [2.05, 4.69) is 0 Å². The molecule has 0 aliphatic rings. The van der Waals surface area contributed by atoms with Crippen LogP contribution in [-0.2, 0) is 33.1 Å². The quantitative estimate of drug-likeness (QED) is 0.392. The van der Waals surface area contributed by atoms with E-state index >= 15 is 0 Å². The van der Waals surface area contributed by atoms with Gasteiger partial charge in [0.25, 0.3) is 0 Å². The van der Waals surface area contributed by atoms with Gasteiger partial charge in [0.2, 0.25) is 0 Å². The van der Waals surface area contributed by atoms with Crippen molar-refractivity contribution in [2.75, 3.05) is 0 Å². The van der Waals surface area contributed by atoms with E-state index < -0.39 is 5.69 Å². The molecular weight excluding hydrogens is 246 g/mol. The van der Waals surface area contributed by atoms with Gasteiger partial charge in [-0.3, -0.25) is 0 Å². The van der Waals surface area contributed by atoms with E-state index in [1.807, 2.05) is 27.7 Å². The van der Waals surface area contributed by atoms with Crippen LogP contribution in [0.3, 0.4) is 0 Å². The minimum atomic E-state index is -2.42. The molecule has 0 bridgehead atoms. The maximum Gasteiger partial charge on any atom is 1.00 e. The van der Waals surface area contributed by atoms with Gasteiger partial charge in [-0.25, -0.2) is 0 Å². The van der Waals surface area contributed by atoms with Crippen LogP contribution in [0.25, 0.3) is 0 Å². The third kappa shape index (κ3) is 9.17. The first-order chi connectivity index (χ1) is 5.91.